The number of fused-ring (bicyclic) bond motifs is 2. The summed E-state index contributed by atoms with van der Waals surface area (Å²) < 4.78 is 5.52. The quantitative estimate of drug-likeness (QED) is 0.650. The fourth-order valence-corrected chi connectivity index (χ4v) is 4.52. The van der Waals surface area contributed by atoms with E-state index >= 15 is 0 Å². The molecular formula is C22H44O4. The molecule has 0 aromatic rings. The van der Waals surface area contributed by atoms with E-state index in [2.05, 4.69) is 27.7 Å². The number of hydrogen-bond donors (Lipinski definition) is 2. The second-order valence-electron chi connectivity index (χ2n) is 8.89. The predicted octanol–water partition coefficient (Wildman–Crippen LogP) is 5.39. The van der Waals surface area contributed by atoms with Gasteiger partial charge in [-0.15, -0.1) is 0 Å². The lowest BCUT2D eigenvalue weighted by atomic mass is 9.60. The number of esters is 1. The van der Waals surface area contributed by atoms with Gasteiger partial charge in [-0.25, -0.2) is 0 Å². The minimum Gasteiger partial charge on any atom is -0.459 e. The summed E-state index contributed by atoms with van der Waals surface area (Å²) >= 11 is 0. The summed E-state index contributed by atoms with van der Waals surface area (Å²) in [5, 5.41) is 20.8. The van der Waals surface area contributed by atoms with Gasteiger partial charge >= 0.3 is 5.97 Å². The van der Waals surface area contributed by atoms with Gasteiger partial charge in [0.05, 0.1) is 11.2 Å². The Balaban J connectivity index is 0.000000663. The number of carbonyl (C=O) groups is 1. The van der Waals surface area contributed by atoms with Crippen LogP contribution in [0.3, 0.4) is 0 Å². The van der Waals surface area contributed by atoms with Crippen molar-refractivity contribution in [3.05, 3.63) is 0 Å². The number of ether oxygens (including phenoxy) is 1. The van der Waals surface area contributed by atoms with Gasteiger partial charge in [0.15, 0.2) is 0 Å². The minimum atomic E-state index is -0.895. The fourth-order valence-electron chi connectivity index (χ4n) is 4.52. The van der Waals surface area contributed by atoms with Crippen molar-refractivity contribution < 1.29 is 19.7 Å². The Kier molecular flexibility index (Phi) is 11.0. The number of carbonyl (C=O) groups excluding carboxylic acids is 1. The molecular weight excluding hydrogens is 328 g/mol. The van der Waals surface area contributed by atoms with Crippen LogP contribution >= 0.6 is 0 Å². The summed E-state index contributed by atoms with van der Waals surface area (Å²) in [6, 6.07) is 0. The van der Waals surface area contributed by atoms with Crippen molar-refractivity contribution >= 4 is 5.97 Å². The van der Waals surface area contributed by atoms with Crippen LogP contribution < -0.4 is 0 Å². The topological polar surface area (TPSA) is 66.8 Å². The van der Waals surface area contributed by atoms with Crippen molar-refractivity contribution in [1.82, 2.24) is 0 Å². The van der Waals surface area contributed by atoms with E-state index in [9.17, 15) is 15.0 Å². The molecule has 0 aliphatic heterocycles. The third kappa shape index (κ3) is 9.36. The first kappa shape index (κ1) is 25.4. The van der Waals surface area contributed by atoms with Gasteiger partial charge in [-0.05, 0) is 39.0 Å². The van der Waals surface area contributed by atoms with E-state index in [1.54, 1.807) is 13.8 Å². The molecule has 0 saturated heterocycles. The average molecular weight is 373 g/mol. The number of hydrogen-bond acceptors (Lipinski definition) is 4. The highest BCUT2D eigenvalue weighted by atomic mass is 16.6. The molecule has 0 aromatic heterocycles. The van der Waals surface area contributed by atoms with Crippen LogP contribution in [-0.2, 0) is 9.53 Å². The van der Waals surface area contributed by atoms with E-state index < -0.39 is 16.8 Å². The van der Waals surface area contributed by atoms with E-state index in [0.29, 0.717) is 32.1 Å². The van der Waals surface area contributed by atoms with Crippen molar-refractivity contribution in [2.45, 2.75) is 129 Å². The first-order valence-corrected chi connectivity index (χ1v) is 10.6. The zero-order valence-electron chi connectivity index (χ0n) is 18.4. The zero-order chi connectivity index (χ0) is 20.4. The minimum absolute atomic E-state index is 0.215. The molecule has 2 aliphatic rings. The summed E-state index contributed by atoms with van der Waals surface area (Å²) in [7, 11) is 0. The van der Waals surface area contributed by atoms with Gasteiger partial charge in [-0.3, -0.25) is 4.79 Å². The van der Waals surface area contributed by atoms with Crippen LogP contribution in [0.4, 0.5) is 0 Å². The zero-order valence-corrected chi connectivity index (χ0v) is 18.4. The first-order chi connectivity index (χ1) is 12.0. The molecule has 0 heterocycles. The fraction of sp³-hybridized carbons (Fsp3) is 0.955. The van der Waals surface area contributed by atoms with Gasteiger partial charge in [0.1, 0.15) is 5.60 Å². The third-order valence-corrected chi connectivity index (χ3v) is 4.89. The van der Waals surface area contributed by atoms with Gasteiger partial charge in [0.25, 0.3) is 0 Å². The van der Waals surface area contributed by atoms with Crippen LogP contribution in [0.15, 0.2) is 0 Å². The van der Waals surface area contributed by atoms with Crippen molar-refractivity contribution in [2.24, 2.45) is 5.92 Å². The van der Waals surface area contributed by atoms with E-state index in [0.717, 1.165) is 6.42 Å². The Hall–Kier alpha value is -0.610. The molecule has 2 aliphatic carbocycles. The molecule has 2 N–H and O–H groups in total. The van der Waals surface area contributed by atoms with Gasteiger partial charge in [-0.1, -0.05) is 60.3 Å². The van der Waals surface area contributed by atoms with E-state index in [1.165, 1.54) is 25.7 Å². The molecule has 2 saturated carbocycles. The second-order valence-corrected chi connectivity index (χ2v) is 8.89. The Morgan fingerprint density at radius 2 is 1.50 bits per heavy atom. The maximum atomic E-state index is 11.5. The normalized spacial score (nSPS) is 35.3. The van der Waals surface area contributed by atoms with Crippen LogP contribution in [0, 0.1) is 5.92 Å². The van der Waals surface area contributed by atoms with E-state index in [1.807, 2.05) is 6.92 Å². The van der Waals surface area contributed by atoms with Crippen LogP contribution in [0.5, 0.6) is 0 Å². The SMILES string of the molecule is CCC.CCC(=O)OC1(C)CC2CC(C)(O)CC(O)(C2)C1.CCCCC. The molecule has 156 valence electrons. The highest BCUT2D eigenvalue weighted by Crippen LogP contribution is 2.51. The molecule has 4 atom stereocenters. The first-order valence-electron chi connectivity index (χ1n) is 10.6. The molecule has 4 nitrogen and oxygen atoms in total. The van der Waals surface area contributed by atoms with Crippen molar-refractivity contribution in [1.29, 1.82) is 0 Å². The standard InChI is InChI=1S/C14H24O4.C5H12.C3H8/c1-4-11(15)18-13(3)6-10-5-12(2,16)8-14(17,7-10)9-13;1-3-5-4-2;1-3-2/h10,16-17H,4-9H2,1-3H3;3-5H2,1-2H3;3H2,1-2H3. The van der Waals surface area contributed by atoms with Gasteiger partial charge in [0.2, 0.25) is 0 Å². The van der Waals surface area contributed by atoms with E-state index in [4.69, 9.17) is 4.74 Å². The number of rotatable bonds is 4. The Morgan fingerprint density at radius 1 is 0.962 bits per heavy atom. The Labute approximate surface area is 161 Å². The molecule has 0 amide bonds. The molecule has 2 rings (SSSR count). The molecule has 4 unspecified atom stereocenters. The Morgan fingerprint density at radius 3 is 1.88 bits per heavy atom. The molecule has 0 spiro atoms. The lowest BCUT2D eigenvalue weighted by Crippen LogP contribution is -2.57. The van der Waals surface area contributed by atoms with Crippen molar-refractivity contribution in [2.75, 3.05) is 0 Å². The second kappa shape index (κ2) is 11.3. The van der Waals surface area contributed by atoms with Crippen LogP contribution in [0.1, 0.15) is 113 Å². The van der Waals surface area contributed by atoms with Gasteiger partial charge in [-0.2, -0.15) is 0 Å². The largest absolute Gasteiger partial charge is 0.459 e. The summed E-state index contributed by atoms with van der Waals surface area (Å²) in [5.41, 5.74) is -2.28. The predicted molar refractivity (Wildman–Crippen MR) is 108 cm³/mol. The summed E-state index contributed by atoms with van der Waals surface area (Å²) in [4.78, 5) is 11.5. The number of unbranched alkanes of at least 4 members (excludes halogenated alkanes) is 2. The molecule has 2 bridgehead atoms. The van der Waals surface area contributed by atoms with Crippen LogP contribution in [-0.4, -0.2) is 33.0 Å². The van der Waals surface area contributed by atoms with Crippen molar-refractivity contribution in [3.63, 3.8) is 0 Å². The maximum absolute atomic E-state index is 11.5. The molecule has 2 fully saturated rings. The third-order valence-electron chi connectivity index (χ3n) is 4.89. The molecule has 0 aromatic carbocycles. The highest BCUT2D eigenvalue weighted by molar-refractivity contribution is 5.69. The van der Waals surface area contributed by atoms with Crippen LogP contribution in [0.25, 0.3) is 0 Å². The summed E-state index contributed by atoms with van der Waals surface area (Å²) in [6.45, 7) is 14.1. The lowest BCUT2D eigenvalue weighted by molar-refractivity contribution is -0.199. The summed E-state index contributed by atoms with van der Waals surface area (Å²) in [5.74, 6) is 0.00925. The highest BCUT2D eigenvalue weighted by Gasteiger charge is 2.54. The van der Waals surface area contributed by atoms with Crippen LogP contribution in [0.2, 0.25) is 0 Å². The molecule has 26 heavy (non-hydrogen) atoms. The molecule has 0 radical (unpaired) electrons. The molecule has 4 heteroatoms. The average Bonchev–Trinajstić information content (AvgIpc) is 2.45. The Bertz CT molecular complexity index is 403. The van der Waals surface area contributed by atoms with Gasteiger partial charge in [0, 0.05) is 19.3 Å². The smallest absolute Gasteiger partial charge is 0.306 e. The summed E-state index contributed by atoms with van der Waals surface area (Å²) in [6.07, 6.45) is 8.60. The van der Waals surface area contributed by atoms with Gasteiger partial charge < -0.3 is 14.9 Å². The lowest BCUT2D eigenvalue weighted by Gasteiger charge is -2.53. The maximum Gasteiger partial charge on any atom is 0.306 e. The monoisotopic (exact) mass is 372 g/mol. The van der Waals surface area contributed by atoms with E-state index in [-0.39, 0.29) is 11.9 Å². The number of aliphatic hydroxyl groups is 2. The van der Waals surface area contributed by atoms with Crippen molar-refractivity contribution in [3.8, 4) is 0 Å².